The molecular formula is C9H9BrN2. The van der Waals surface area contributed by atoms with Gasteiger partial charge in [-0.1, -0.05) is 15.9 Å². The third kappa shape index (κ3) is 0.966. The molecule has 0 saturated heterocycles. The maximum absolute atomic E-state index is 4.01. The number of rotatable bonds is 0. The van der Waals surface area contributed by atoms with Gasteiger partial charge in [-0.15, -0.1) is 0 Å². The summed E-state index contributed by atoms with van der Waals surface area (Å²) in [7, 11) is 0. The standard InChI is InChI=1S/C9H9BrN2/c1-5-3-8(10)7-4-11-12-9(7)6(5)2/h3-4H,1-2H3,(H,11,12). The van der Waals surface area contributed by atoms with Gasteiger partial charge in [-0.05, 0) is 31.0 Å². The Balaban J connectivity index is 2.97. The van der Waals surface area contributed by atoms with E-state index in [1.54, 1.807) is 0 Å². The molecule has 2 nitrogen and oxygen atoms in total. The summed E-state index contributed by atoms with van der Waals surface area (Å²) in [5.41, 5.74) is 3.67. The fourth-order valence-electron chi connectivity index (χ4n) is 1.33. The monoisotopic (exact) mass is 224 g/mol. The highest BCUT2D eigenvalue weighted by molar-refractivity contribution is 9.10. The summed E-state index contributed by atoms with van der Waals surface area (Å²) < 4.78 is 1.11. The zero-order valence-corrected chi connectivity index (χ0v) is 8.57. The van der Waals surface area contributed by atoms with Crippen molar-refractivity contribution in [2.75, 3.05) is 0 Å². The van der Waals surface area contributed by atoms with Crippen LogP contribution in [0, 0.1) is 13.8 Å². The van der Waals surface area contributed by atoms with Crippen molar-refractivity contribution in [1.82, 2.24) is 10.2 Å². The van der Waals surface area contributed by atoms with Crippen LogP contribution in [0.25, 0.3) is 10.9 Å². The highest BCUT2D eigenvalue weighted by Crippen LogP contribution is 2.27. The van der Waals surface area contributed by atoms with E-state index in [0.29, 0.717) is 0 Å². The van der Waals surface area contributed by atoms with Crippen LogP contribution >= 0.6 is 15.9 Å². The predicted molar refractivity (Wildman–Crippen MR) is 53.3 cm³/mol. The molecule has 0 bridgehead atoms. The highest BCUT2D eigenvalue weighted by Gasteiger charge is 2.05. The number of hydrogen-bond donors (Lipinski definition) is 1. The van der Waals surface area contributed by atoms with E-state index in [9.17, 15) is 0 Å². The van der Waals surface area contributed by atoms with Crippen molar-refractivity contribution in [3.05, 3.63) is 27.9 Å². The molecule has 1 aromatic carbocycles. The maximum Gasteiger partial charge on any atom is 0.0693 e. The summed E-state index contributed by atoms with van der Waals surface area (Å²) in [6.45, 7) is 4.20. The Morgan fingerprint density at radius 1 is 1.42 bits per heavy atom. The maximum atomic E-state index is 4.01. The number of nitrogens with zero attached hydrogens (tertiary/aromatic N) is 1. The minimum absolute atomic E-state index is 1.11. The molecule has 1 heterocycles. The first kappa shape index (κ1) is 7.80. The number of H-pyrrole nitrogens is 1. The molecule has 2 rings (SSSR count). The molecule has 0 radical (unpaired) electrons. The Morgan fingerprint density at radius 2 is 2.17 bits per heavy atom. The molecule has 12 heavy (non-hydrogen) atoms. The molecule has 0 fully saturated rings. The lowest BCUT2D eigenvalue weighted by molar-refractivity contribution is 1.11. The van der Waals surface area contributed by atoms with Gasteiger partial charge in [0.1, 0.15) is 0 Å². The van der Waals surface area contributed by atoms with E-state index >= 15 is 0 Å². The van der Waals surface area contributed by atoms with E-state index in [4.69, 9.17) is 0 Å². The minimum atomic E-state index is 1.11. The van der Waals surface area contributed by atoms with Crippen molar-refractivity contribution in [2.24, 2.45) is 0 Å². The van der Waals surface area contributed by atoms with Crippen molar-refractivity contribution in [2.45, 2.75) is 13.8 Å². The number of aryl methyl sites for hydroxylation is 2. The van der Waals surface area contributed by atoms with Crippen LogP contribution in [0.1, 0.15) is 11.1 Å². The van der Waals surface area contributed by atoms with Gasteiger partial charge in [0.15, 0.2) is 0 Å². The quantitative estimate of drug-likeness (QED) is 0.733. The van der Waals surface area contributed by atoms with Crippen LogP contribution < -0.4 is 0 Å². The van der Waals surface area contributed by atoms with Crippen LogP contribution in [0.5, 0.6) is 0 Å². The fourth-order valence-corrected chi connectivity index (χ4v) is 1.97. The van der Waals surface area contributed by atoms with E-state index in [-0.39, 0.29) is 0 Å². The van der Waals surface area contributed by atoms with Gasteiger partial charge in [0, 0.05) is 9.86 Å². The van der Waals surface area contributed by atoms with Crippen molar-refractivity contribution in [3.8, 4) is 0 Å². The van der Waals surface area contributed by atoms with Crippen molar-refractivity contribution in [1.29, 1.82) is 0 Å². The van der Waals surface area contributed by atoms with E-state index in [0.717, 1.165) is 15.4 Å². The Kier molecular flexibility index (Phi) is 1.68. The zero-order valence-electron chi connectivity index (χ0n) is 6.98. The Labute approximate surface area is 79.1 Å². The molecule has 0 atom stereocenters. The van der Waals surface area contributed by atoms with Crippen molar-refractivity contribution < 1.29 is 0 Å². The molecule has 0 aliphatic rings. The van der Waals surface area contributed by atoms with Gasteiger partial charge in [-0.3, -0.25) is 5.10 Å². The molecular weight excluding hydrogens is 216 g/mol. The normalized spacial score (nSPS) is 10.9. The second-order valence-electron chi connectivity index (χ2n) is 2.96. The number of aromatic amines is 1. The van der Waals surface area contributed by atoms with Gasteiger partial charge >= 0.3 is 0 Å². The summed E-state index contributed by atoms with van der Waals surface area (Å²) >= 11 is 3.50. The number of fused-ring (bicyclic) bond motifs is 1. The second-order valence-corrected chi connectivity index (χ2v) is 3.81. The van der Waals surface area contributed by atoms with Crippen LogP contribution in [-0.4, -0.2) is 10.2 Å². The first-order chi connectivity index (χ1) is 5.70. The zero-order chi connectivity index (χ0) is 8.72. The van der Waals surface area contributed by atoms with E-state index in [1.165, 1.54) is 11.1 Å². The van der Waals surface area contributed by atoms with Crippen LogP contribution in [0.2, 0.25) is 0 Å². The SMILES string of the molecule is Cc1cc(Br)c2cn[nH]c2c1C. The Hall–Kier alpha value is -0.830. The van der Waals surface area contributed by atoms with E-state index < -0.39 is 0 Å². The first-order valence-electron chi connectivity index (χ1n) is 3.79. The average molecular weight is 225 g/mol. The number of hydrogen-bond acceptors (Lipinski definition) is 1. The number of benzene rings is 1. The summed E-state index contributed by atoms with van der Waals surface area (Å²) in [5, 5.41) is 8.15. The van der Waals surface area contributed by atoms with E-state index in [2.05, 4.69) is 46.0 Å². The van der Waals surface area contributed by atoms with Crippen molar-refractivity contribution >= 4 is 26.8 Å². The lowest BCUT2D eigenvalue weighted by Gasteiger charge is -2.02. The average Bonchev–Trinajstić information content (AvgIpc) is 2.48. The van der Waals surface area contributed by atoms with Crippen LogP contribution in [0.4, 0.5) is 0 Å². The van der Waals surface area contributed by atoms with Crippen LogP contribution in [0.3, 0.4) is 0 Å². The van der Waals surface area contributed by atoms with Gasteiger partial charge < -0.3 is 0 Å². The predicted octanol–water partition coefficient (Wildman–Crippen LogP) is 2.94. The first-order valence-corrected chi connectivity index (χ1v) is 4.58. The highest BCUT2D eigenvalue weighted by atomic mass is 79.9. The lowest BCUT2D eigenvalue weighted by Crippen LogP contribution is -1.83. The molecule has 0 aliphatic carbocycles. The third-order valence-electron chi connectivity index (χ3n) is 2.21. The molecule has 0 aliphatic heterocycles. The van der Waals surface area contributed by atoms with Gasteiger partial charge in [0.2, 0.25) is 0 Å². The molecule has 0 saturated carbocycles. The molecule has 0 spiro atoms. The van der Waals surface area contributed by atoms with Crippen LogP contribution in [0.15, 0.2) is 16.7 Å². The second kappa shape index (κ2) is 2.59. The molecule has 1 N–H and O–H groups in total. The smallest absolute Gasteiger partial charge is 0.0693 e. The largest absolute Gasteiger partial charge is 0.278 e. The molecule has 0 unspecified atom stereocenters. The summed E-state index contributed by atoms with van der Waals surface area (Å²) in [6, 6.07) is 2.12. The van der Waals surface area contributed by atoms with Gasteiger partial charge in [0.25, 0.3) is 0 Å². The lowest BCUT2D eigenvalue weighted by atomic mass is 10.1. The molecule has 1 aromatic heterocycles. The Morgan fingerprint density at radius 3 is 2.92 bits per heavy atom. The van der Waals surface area contributed by atoms with Gasteiger partial charge in [0.05, 0.1) is 11.7 Å². The summed E-state index contributed by atoms with van der Waals surface area (Å²) in [5.74, 6) is 0. The van der Waals surface area contributed by atoms with E-state index in [1.807, 2.05) is 6.20 Å². The van der Waals surface area contributed by atoms with Gasteiger partial charge in [-0.2, -0.15) is 5.10 Å². The number of aromatic nitrogens is 2. The topological polar surface area (TPSA) is 28.7 Å². The molecule has 0 amide bonds. The number of halogens is 1. The van der Waals surface area contributed by atoms with Gasteiger partial charge in [-0.25, -0.2) is 0 Å². The number of nitrogens with one attached hydrogen (secondary N) is 1. The fraction of sp³-hybridized carbons (Fsp3) is 0.222. The minimum Gasteiger partial charge on any atom is -0.278 e. The summed E-state index contributed by atoms with van der Waals surface area (Å²) in [6.07, 6.45) is 1.84. The molecule has 62 valence electrons. The molecule has 3 heteroatoms. The molecule has 2 aromatic rings. The van der Waals surface area contributed by atoms with Crippen molar-refractivity contribution in [3.63, 3.8) is 0 Å². The Bertz CT molecular complexity index is 431. The summed E-state index contributed by atoms with van der Waals surface area (Å²) in [4.78, 5) is 0. The van der Waals surface area contributed by atoms with Crippen LogP contribution in [-0.2, 0) is 0 Å². The third-order valence-corrected chi connectivity index (χ3v) is 2.86.